The molecule has 72 valence electrons. The van der Waals surface area contributed by atoms with E-state index >= 15 is 0 Å². The van der Waals surface area contributed by atoms with Gasteiger partial charge in [-0.25, -0.2) is 0 Å². The largest absolute Gasteiger partial charge is 0.496 e. The minimum absolute atomic E-state index is 0.932. The Bertz CT molecular complexity index is 477. The van der Waals surface area contributed by atoms with E-state index in [-0.39, 0.29) is 0 Å². The van der Waals surface area contributed by atoms with Crippen LogP contribution in [0.15, 0.2) is 34.8 Å². The molecule has 0 aliphatic carbocycles. The van der Waals surface area contributed by atoms with Crippen LogP contribution in [0.5, 0.6) is 5.75 Å². The summed E-state index contributed by atoms with van der Waals surface area (Å²) in [6.45, 7) is 2.07. The van der Waals surface area contributed by atoms with E-state index in [1.807, 2.05) is 18.2 Å². The van der Waals surface area contributed by atoms with Crippen molar-refractivity contribution in [1.29, 1.82) is 0 Å². The van der Waals surface area contributed by atoms with Crippen molar-refractivity contribution in [2.45, 2.75) is 6.92 Å². The highest BCUT2D eigenvalue weighted by atomic mass is 79.9. The van der Waals surface area contributed by atoms with E-state index in [1.54, 1.807) is 7.11 Å². The Hall–Kier alpha value is -1.02. The summed E-state index contributed by atoms with van der Waals surface area (Å²) in [5.74, 6) is 0.932. The monoisotopic (exact) mass is 250 g/mol. The Balaban J connectivity index is 2.89. The predicted octanol–water partition coefficient (Wildman–Crippen LogP) is 3.92. The van der Waals surface area contributed by atoms with Crippen LogP contribution < -0.4 is 4.74 Å². The molecular formula is C12H11BrO. The van der Waals surface area contributed by atoms with Crippen LogP contribution in [0.25, 0.3) is 10.8 Å². The van der Waals surface area contributed by atoms with Crippen LogP contribution in [-0.4, -0.2) is 7.11 Å². The molecule has 0 saturated heterocycles. The van der Waals surface area contributed by atoms with Gasteiger partial charge in [0.05, 0.1) is 7.11 Å². The normalized spacial score (nSPS) is 10.5. The summed E-state index contributed by atoms with van der Waals surface area (Å²) in [5, 5.41) is 2.34. The SMILES string of the molecule is COc1cc(C)c(Br)c2ccccc12. The van der Waals surface area contributed by atoms with Gasteiger partial charge in [-0.2, -0.15) is 0 Å². The number of rotatable bonds is 1. The summed E-state index contributed by atoms with van der Waals surface area (Å²) in [6.07, 6.45) is 0. The van der Waals surface area contributed by atoms with Crippen LogP contribution in [0.2, 0.25) is 0 Å². The summed E-state index contributed by atoms with van der Waals surface area (Å²) in [7, 11) is 1.70. The molecule has 14 heavy (non-hydrogen) atoms. The van der Waals surface area contributed by atoms with Gasteiger partial charge < -0.3 is 4.74 Å². The van der Waals surface area contributed by atoms with E-state index < -0.39 is 0 Å². The van der Waals surface area contributed by atoms with E-state index in [4.69, 9.17) is 4.74 Å². The highest BCUT2D eigenvalue weighted by molar-refractivity contribution is 9.10. The second kappa shape index (κ2) is 3.62. The van der Waals surface area contributed by atoms with Gasteiger partial charge in [-0.15, -0.1) is 0 Å². The van der Waals surface area contributed by atoms with Crippen LogP contribution in [0.1, 0.15) is 5.56 Å². The summed E-state index contributed by atoms with van der Waals surface area (Å²) in [4.78, 5) is 0. The van der Waals surface area contributed by atoms with Crippen LogP contribution in [-0.2, 0) is 0 Å². The molecule has 0 unspecified atom stereocenters. The van der Waals surface area contributed by atoms with Crippen molar-refractivity contribution in [2.75, 3.05) is 7.11 Å². The van der Waals surface area contributed by atoms with Gasteiger partial charge in [0.1, 0.15) is 5.75 Å². The van der Waals surface area contributed by atoms with Crippen molar-refractivity contribution in [2.24, 2.45) is 0 Å². The lowest BCUT2D eigenvalue weighted by molar-refractivity contribution is 0.419. The van der Waals surface area contributed by atoms with Crippen molar-refractivity contribution in [3.8, 4) is 5.75 Å². The molecule has 0 amide bonds. The van der Waals surface area contributed by atoms with Crippen LogP contribution in [0, 0.1) is 6.92 Å². The lowest BCUT2D eigenvalue weighted by Crippen LogP contribution is -1.87. The number of hydrogen-bond acceptors (Lipinski definition) is 1. The van der Waals surface area contributed by atoms with Crippen molar-refractivity contribution in [3.63, 3.8) is 0 Å². The molecule has 0 heterocycles. The third-order valence-electron chi connectivity index (χ3n) is 2.34. The molecule has 2 aromatic carbocycles. The molecule has 0 aromatic heterocycles. The Kier molecular flexibility index (Phi) is 2.46. The van der Waals surface area contributed by atoms with E-state index in [0.29, 0.717) is 0 Å². The smallest absolute Gasteiger partial charge is 0.127 e. The summed E-state index contributed by atoms with van der Waals surface area (Å²) in [5.41, 5.74) is 1.19. The predicted molar refractivity (Wildman–Crippen MR) is 62.9 cm³/mol. The van der Waals surface area contributed by atoms with E-state index in [2.05, 4.69) is 35.0 Å². The quantitative estimate of drug-likeness (QED) is 0.746. The van der Waals surface area contributed by atoms with Gasteiger partial charge in [-0.3, -0.25) is 0 Å². The molecule has 0 aliphatic heterocycles. The summed E-state index contributed by atoms with van der Waals surface area (Å²) < 4.78 is 6.49. The van der Waals surface area contributed by atoms with Gasteiger partial charge in [0, 0.05) is 9.86 Å². The Morgan fingerprint density at radius 2 is 1.79 bits per heavy atom. The van der Waals surface area contributed by atoms with Crippen molar-refractivity contribution in [1.82, 2.24) is 0 Å². The molecule has 0 saturated carbocycles. The molecule has 0 spiro atoms. The third kappa shape index (κ3) is 1.40. The number of fused-ring (bicyclic) bond motifs is 1. The zero-order valence-corrected chi connectivity index (χ0v) is 9.76. The molecular weight excluding hydrogens is 240 g/mol. The number of benzene rings is 2. The topological polar surface area (TPSA) is 9.23 Å². The summed E-state index contributed by atoms with van der Waals surface area (Å²) in [6, 6.07) is 10.3. The van der Waals surface area contributed by atoms with E-state index in [0.717, 1.165) is 15.6 Å². The van der Waals surface area contributed by atoms with E-state index in [1.165, 1.54) is 10.9 Å². The molecule has 0 N–H and O–H groups in total. The molecule has 0 bridgehead atoms. The molecule has 0 atom stereocenters. The fourth-order valence-electron chi connectivity index (χ4n) is 1.61. The highest BCUT2D eigenvalue weighted by Crippen LogP contribution is 2.34. The summed E-state index contributed by atoms with van der Waals surface area (Å²) >= 11 is 3.59. The average molecular weight is 251 g/mol. The van der Waals surface area contributed by atoms with Gasteiger partial charge in [0.25, 0.3) is 0 Å². The van der Waals surface area contributed by atoms with Crippen molar-refractivity contribution in [3.05, 3.63) is 40.4 Å². The third-order valence-corrected chi connectivity index (χ3v) is 3.40. The molecule has 0 radical (unpaired) electrons. The zero-order valence-electron chi connectivity index (χ0n) is 8.17. The number of ether oxygens (including phenoxy) is 1. The maximum Gasteiger partial charge on any atom is 0.127 e. The van der Waals surface area contributed by atoms with Crippen molar-refractivity contribution < 1.29 is 4.74 Å². The number of hydrogen-bond donors (Lipinski definition) is 0. The van der Waals surface area contributed by atoms with Crippen LogP contribution in [0.4, 0.5) is 0 Å². The molecule has 0 aliphatic rings. The first-order valence-corrected chi connectivity index (χ1v) is 5.25. The maximum absolute atomic E-state index is 5.34. The second-order valence-corrected chi connectivity index (χ2v) is 4.05. The molecule has 2 rings (SSSR count). The minimum atomic E-state index is 0.932. The van der Waals surface area contributed by atoms with Gasteiger partial charge in [-0.1, -0.05) is 24.3 Å². The van der Waals surface area contributed by atoms with Crippen LogP contribution in [0.3, 0.4) is 0 Å². The fraction of sp³-hybridized carbons (Fsp3) is 0.167. The minimum Gasteiger partial charge on any atom is -0.496 e. The Morgan fingerprint density at radius 1 is 1.14 bits per heavy atom. The zero-order chi connectivity index (χ0) is 10.1. The molecule has 2 aromatic rings. The van der Waals surface area contributed by atoms with Gasteiger partial charge in [0.15, 0.2) is 0 Å². The standard InChI is InChI=1S/C12H11BrO/c1-8-7-11(14-2)9-5-3-4-6-10(9)12(8)13/h3-7H,1-2H3. The lowest BCUT2D eigenvalue weighted by Gasteiger charge is -2.09. The average Bonchev–Trinajstić information content (AvgIpc) is 2.23. The van der Waals surface area contributed by atoms with Gasteiger partial charge >= 0.3 is 0 Å². The first-order valence-electron chi connectivity index (χ1n) is 4.46. The fourth-order valence-corrected chi connectivity index (χ4v) is 2.07. The van der Waals surface area contributed by atoms with Crippen molar-refractivity contribution >= 4 is 26.7 Å². The Labute approximate surface area is 91.8 Å². The number of aryl methyl sites for hydroxylation is 1. The number of methoxy groups -OCH3 is 1. The first-order chi connectivity index (χ1) is 6.74. The molecule has 2 heteroatoms. The molecule has 1 nitrogen and oxygen atoms in total. The maximum atomic E-state index is 5.34. The highest BCUT2D eigenvalue weighted by Gasteiger charge is 2.06. The Morgan fingerprint density at radius 3 is 2.43 bits per heavy atom. The molecule has 0 fully saturated rings. The first kappa shape index (κ1) is 9.53. The number of halogens is 1. The van der Waals surface area contributed by atoms with Gasteiger partial charge in [0.2, 0.25) is 0 Å². The van der Waals surface area contributed by atoms with E-state index in [9.17, 15) is 0 Å². The van der Waals surface area contributed by atoms with Crippen LogP contribution >= 0.6 is 15.9 Å². The lowest BCUT2D eigenvalue weighted by atomic mass is 10.1. The van der Waals surface area contributed by atoms with Gasteiger partial charge in [-0.05, 0) is 39.9 Å². The second-order valence-electron chi connectivity index (χ2n) is 3.26.